The Morgan fingerprint density at radius 1 is 1.05 bits per heavy atom. The van der Waals surface area contributed by atoms with E-state index in [-0.39, 0.29) is 22.8 Å². The van der Waals surface area contributed by atoms with Gasteiger partial charge in [-0.3, -0.25) is 9.69 Å². The summed E-state index contributed by atoms with van der Waals surface area (Å²) in [6.45, 7) is 9.23. The molecular formula is C29H37N3O5S. The van der Waals surface area contributed by atoms with Crippen molar-refractivity contribution in [2.45, 2.75) is 82.5 Å². The number of carbonyl (C=O) groups excluding carboxylic acids is 2. The lowest BCUT2D eigenvalue weighted by molar-refractivity contribution is -0.131. The Morgan fingerprint density at radius 2 is 1.61 bits per heavy atom. The topological polar surface area (TPSA) is 117 Å². The molecule has 0 spiro atoms. The lowest BCUT2D eigenvalue weighted by Crippen LogP contribution is -2.60. The Morgan fingerprint density at radius 3 is 2.11 bits per heavy atom. The average Bonchev–Trinajstić information content (AvgIpc) is 2.83. The summed E-state index contributed by atoms with van der Waals surface area (Å²) < 4.78 is 29.0. The van der Waals surface area contributed by atoms with Crippen molar-refractivity contribution >= 4 is 21.8 Å². The molecule has 1 fully saturated rings. The number of hydrogen-bond acceptors (Lipinski definition) is 6. The molecule has 0 radical (unpaired) electrons. The fourth-order valence-corrected chi connectivity index (χ4v) is 5.32. The molecule has 0 unspecified atom stereocenters. The molecule has 1 N–H and O–H groups in total. The molecular weight excluding hydrogens is 502 g/mol. The van der Waals surface area contributed by atoms with Gasteiger partial charge in [-0.2, -0.15) is 5.26 Å². The van der Waals surface area contributed by atoms with Crippen LogP contribution >= 0.6 is 0 Å². The molecule has 38 heavy (non-hydrogen) atoms. The van der Waals surface area contributed by atoms with E-state index in [1.165, 1.54) is 11.2 Å². The minimum Gasteiger partial charge on any atom is -0.444 e. The van der Waals surface area contributed by atoms with Gasteiger partial charge in [-0.15, -0.1) is 0 Å². The normalized spacial score (nSPS) is 20.8. The van der Waals surface area contributed by atoms with Crippen LogP contribution in [0.4, 0.5) is 4.79 Å². The van der Waals surface area contributed by atoms with Crippen molar-refractivity contribution in [3.05, 3.63) is 54.1 Å². The minimum absolute atomic E-state index is 0.0774. The van der Waals surface area contributed by atoms with Gasteiger partial charge in [0.15, 0.2) is 9.84 Å². The van der Waals surface area contributed by atoms with E-state index in [9.17, 15) is 23.3 Å². The Labute approximate surface area is 225 Å². The van der Waals surface area contributed by atoms with Gasteiger partial charge in [0.05, 0.1) is 11.0 Å². The van der Waals surface area contributed by atoms with E-state index in [0.717, 1.165) is 29.5 Å². The molecule has 1 heterocycles. The Hall–Kier alpha value is -3.38. The molecule has 1 aliphatic heterocycles. The Bertz CT molecular complexity index is 1290. The van der Waals surface area contributed by atoms with Gasteiger partial charge in [-0.05, 0) is 75.3 Å². The number of nitrogens with zero attached hydrogens (tertiary/aromatic N) is 2. The van der Waals surface area contributed by atoms with E-state index in [4.69, 9.17) is 4.74 Å². The molecule has 0 aromatic heterocycles. The first-order chi connectivity index (χ1) is 17.7. The van der Waals surface area contributed by atoms with Crippen molar-refractivity contribution in [1.29, 1.82) is 5.26 Å². The van der Waals surface area contributed by atoms with Gasteiger partial charge in [0.2, 0.25) is 5.91 Å². The Balaban J connectivity index is 1.71. The highest BCUT2D eigenvalue weighted by molar-refractivity contribution is 7.90. The maximum absolute atomic E-state index is 13.4. The van der Waals surface area contributed by atoms with E-state index >= 15 is 0 Å². The number of nitrogens with one attached hydrogen (secondary N) is 1. The van der Waals surface area contributed by atoms with Crippen molar-refractivity contribution in [2.75, 3.05) is 6.26 Å². The maximum atomic E-state index is 13.4. The second-order valence-electron chi connectivity index (χ2n) is 11.1. The fraction of sp³-hybridized carbons (Fsp3) is 0.483. The molecule has 0 saturated carbocycles. The largest absolute Gasteiger partial charge is 0.444 e. The molecule has 1 saturated heterocycles. The van der Waals surface area contributed by atoms with Crippen molar-refractivity contribution in [1.82, 2.24) is 10.2 Å². The molecule has 0 aliphatic carbocycles. The number of rotatable bonds is 6. The van der Waals surface area contributed by atoms with Crippen molar-refractivity contribution in [3.63, 3.8) is 0 Å². The molecule has 204 valence electrons. The van der Waals surface area contributed by atoms with Crippen LogP contribution in [-0.2, 0) is 25.8 Å². The number of benzene rings is 2. The molecule has 2 amide bonds. The molecule has 4 atom stereocenters. The van der Waals surface area contributed by atoms with Crippen LogP contribution in [0.25, 0.3) is 11.1 Å². The first-order valence-electron chi connectivity index (χ1n) is 12.8. The summed E-state index contributed by atoms with van der Waals surface area (Å²) >= 11 is 0. The van der Waals surface area contributed by atoms with Crippen LogP contribution in [0.1, 0.15) is 53.0 Å². The van der Waals surface area contributed by atoms with E-state index < -0.39 is 33.6 Å². The summed E-state index contributed by atoms with van der Waals surface area (Å²) in [4.78, 5) is 28.1. The molecule has 3 rings (SSSR count). The van der Waals surface area contributed by atoms with Gasteiger partial charge >= 0.3 is 6.09 Å². The van der Waals surface area contributed by atoms with Crippen LogP contribution in [0.15, 0.2) is 53.4 Å². The highest BCUT2D eigenvalue weighted by Crippen LogP contribution is 2.30. The quantitative estimate of drug-likeness (QED) is 0.567. The molecule has 8 nitrogen and oxygen atoms in total. The minimum atomic E-state index is -3.26. The number of piperidine rings is 1. The number of sulfone groups is 1. The number of hydrogen-bond donors (Lipinski definition) is 1. The predicted molar refractivity (Wildman–Crippen MR) is 146 cm³/mol. The molecule has 2 aromatic rings. The molecule has 9 heteroatoms. The Kier molecular flexibility index (Phi) is 8.88. The number of amides is 2. The fourth-order valence-electron chi connectivity index (χ4n) is 4.69. The molecule has 0 bridgehead atoms. The van der Waals surface area contributed by atoms with Crippen LogP contribution in [0.5, 0.6) is 0 Å². The zero-order valence-corrected chi connectivity index (χ0v) is 23.7. The van der Waals surface area contributed by atoms with Crippen molar-refractivity contribution < 1.29 is 22.7 Å². The van der Waals surface area contributed by atoms with Crippen LogP contribution in [0.2, 0.25) is 0 Å². The monoisotopic (exact) mass is 539 g/mol. The third-order valence-electron chi connectivity index (χ3n) is 6.71. The standard InChI is InChI=1S/C29H37N3O5S/c1-19-7-8-20(2)32(28(34)37-29(3,4)5)26(19)27(33)31-24(18-30)17-21-9-11-22(12-10-21)23-13-15-25(16-14-23)38(6,35)36/h9-16,19-20,24,26H,7-8,17H2,1-6H3,(H,31,33)/t19-,20+,24+,26+/m1/s1. The summed E-state index contributed by atoms with van der Waals surface area (Å²) in [5.74, 6) is -0.435. The summed E-state index contributed by atoms with van der Waals surface area (Å²) in [7, 11) is -3.26. The van der Waals surface area contributed by atoms with Crippen LogP contribution in [-0.4, -0.2) is 55.3 Å². The van der Waals surface area contributed by atoms with Gasteiger partial charge in [0.25, 0.3) is 0 Å². The molecule has 2 aromatic carbocycles. The van der Waals surface area contributed by atoms with Gasteiger partial charge in [0, 0.05) is 18.7 Å². The molecule has 1 aliphatic rings. The van der Waals surface area contributed by atoms with Gasteiger partial charge in [0.1, 0.15) is 17.7 Å². The first-order valence-corrected chi connectivity index (χ1v) is 14.7. The number of likely N-dealkylation sites (tertiary alicyclic amines) is 1. The van der Waals surface area contributed by atoms with Gasteiger partial charge in [-0.1, -0.05) is 43.3 Å². The second-order valence-corrected chi connectivity index (χ2v) is 13.1. The third kappa shape index (κ3) is 7.35. The second kappa shape index (κ2) is 11.6. The first kappa shape index (κ1) is 29.2. The average molecular weight is 540 g/mol. The SMILES string of the molecule is C[C@@H]1CC[C@H](C)N(C(=O)OC(C)(C)C)[C@@H]1C(=O)N[C@H](C#N)Cc1ccc(-c2ccc(S(C)(=O)=O)cc2)cc1. The highest BCUT2D eigenvalue weighted by Gasteiger charge is 2.42. The van der Waals surface area contributed by atoms with E-state index in [1.54, 1.807) is 45.0 Å². The zero-order valence-electron chi connectivity index (χ0n) is 22.9. The van der Waals surface area contributed by atoms with Gasteiger partial charge < -0.3 is 10.1 Å². The van der Waals surface area contributed by atoms with E-state index in [2.05, 4.69) is 11.4 Å². The van der Waals surface area contributed by atoms with Crippen molar-refractivity contribution in [2.24, 2.45) is 5.92 Å². The number of ether oxygens (including phenoxy) is 1. The maximum Gasteiger partial charge on any atom is 0.411 e. The lowest BCUT2D eigenvalue weighted by Gasteiger charge is -2.43. The van der Waals surface area contributed by atoms with Gasteiger partial charge in [-0.25, -0.2) is 13.2 Å². The number of carbonyl (C=O) groups is 2. The predicted octanol–water partition coefficient (Wildman–Crippen LogP) is 4.73. The smallest absolute Gasteiger partial charge is 0.411 e. The number of nitriles is 1. The highest BCUT2D eigenvalue weighted by atomic mass is 32.2. The summed E-state index contributed by atoms with van der Waals surface area (Å²) in [6.07, 6.45) is 2.52. The van der Waals surface area contributed by atoms with Crippen molar-refractivity contribution in [3.8, 4) is 17.2 Å². The van der Waals surface area contributed by atoms with Crippen LogP contribution in [0.3, 0.4) is 0 Å². The third-order valence-corrected chi connectivity index (χ3v) is 7.84. The van der Waals surface area contributed by atoms with E-state index in [0.29, 0.717) is 6.42 Å². The summed E-state index contributed by atoms with van der Waals surface area (Å²) in [5.41, 5.74) is 1.96. The van der Waals surface area contributed by atoms with E-state index in [1.807, 2.05) is 38.1 Å². The van der Waals surface area contributed by atoms with Crippen LogP contribution in [0, 0.1) is 17.2 Å². The summed E-state index contributed by atoms with van der Waals surface area (Å²) in [5, 5.41) is 12.6. The lowest BCUT2D eigenvalue weighted by atomic mass is 9.86. The summed E-state index contributed by atoms with van der Waals surface area (Å²) in [6, 6.07) is 14.8. The van der Waals surface area contributed by atoms with Crippen LogP contribution < -0.4 is 5.32 Å². The zero-order chi connectivity index (χ0) is 28.3.